The molecule has 0 aliphatic heterocycles. The first kappa shape index (κ1) is 52.9. The molecule has 0 spiro atoms. The molecule has 350 valence electrons. The van der Waals surface area contributed by atoms with Crippen molar-refractivity contribution in [2.45, 2.75) is 165 Å². The van der Waals surface area contributed by atoms with Crippen LogP contribution in [0.15, 0.2) is 162 Å². The number of hydrogen-bond acceptors (Lipinski definition) is 3. The van der Waals surface area contributed by atoms with E-state index in [-0.39, 0.29) is 29.0 Å². The summed E-state index contributed by atoms with van der Waals surface area (Å²) in [5, 5.41) is 9.09. The zero-order valence-electron chi connectivity index (χ0n) is 43.2. The van der Waals surface area contributed by atoms with E-state index < -0.39 is 0 Å². The van der Waals surface area contributed by atoms with E-state index in [0.717, 1.165) is 83.1 Å². The van der Waals surface area contributed by atoms with Crippen LogP contribution >= 0.6 is 0 Å². The van der Waals surface area contributed by atoms with Gasteiger partial charge in [0.1, 0.15) is 5.58 Å². The van der Waals surface area contributed by atoms with Crippen LogP contribution in [0.4, 0.5) is 0 Å². The topological polar surface area (TPSA) is 37.2 Å². The summed E-state index contributed by atoms with van der Waals surface area (Å²) < 4.78 is 7.04. The molecule has 1 aliphatic rings. The highest BCUT2D eigenvalue weighted by atomic mass is 16.3. The van der Waals surface area contributed by atoms with Crippen molar-refractivity contribution in [3.8, 4) is 0 Å². The molecule has 0 saturated carbocycles. The minimum absolute atomic E-state index is 0.00816. The van der Waals surface area contributed by atoms with Crippen molar-refractivity contribution in [3.05, 3.63) is 168 Å². The Kier molecular flexibility index (Phi) is 19.3. The molecule has 1 aromatic heterocycles. The minimum Gasteiger partial charge on any atom is -0.470 e. The zero-order chi connectivity index (χ0) is 48.1. The van der Waals surface area contributed by atoms with E-state index in [1.807, 2.05) is 12.2 Å². The van der Waals surface area contributed by atoms with Crippen molar-refractivity contribution in [1.29, 1.82) is 0 Å². The lowest BCUT2D eigenvalue weighted by atomic mass is 9.37. The van der Waals surface area contributed by atoms with Crippen LogP contribution in [0, 0.1) is 22.7 Å². The summed E-state index contributed by atoms with van der Waals surface area (Å²) in [6.07, 6.45) is 27.1. The second-order valence-electron chi connectivity index (χ2n) is 22.2. The SMILES string of the molecule is C=C/C(C)=C(C=C)/C1=C/CC(C)(C)CCC(C)(C)C/C=C\1N/C=C(\B(c1ccc(C(C)CCCC)cc1)c1cc2cc(C(C)(C)C)ccc2o1)C(CC(=C)C)N/C=C/CC(C=C)C(C)C. The highest BCUT2D eigenvalue weighted by Crippen LogP contribution is 2.39. The molecule has 65 heavy (non-hydrogen) atoms. The largest absolute Gasteiger partial charge is 0.470 e. The highest BCUT2D eigenvalue weighted by Gasteiger charge is 2.34. The number of furan rings is 1. The van der Waals surface area contributed by atoms with Crippen molar-refractivity contribution in [2.24, 2.45) is 22.7 Å². The molecule has 3 unspecified atom stereocenters. The molecular formula is C61H87BN2O. The van der Waals surface area contributed by atoms with Crippen LogP contribution in [-0.2, 0) is 5.41 Å². The molecule has 0 fully saturated rings. The summed E-state index contributed by atoms with van der Waals surface area (Å²) >= 11 is 0. The number of rotatable bonds is 21. The van der Waals surface area contributed by atoms with Gasteiger partial charge in [-0.3, -0.25) is 0 Å². The van der Waals surface area contributed by atoms with Gasteiger partial charge in [-0.15, -0.1) is 13.2 Å². The molecule has 0 bridgehead atoms. The number of unbranched alkanes of at least 4 members (excludes halogenated alkanes) is 1. The molecule has 0 radical (unpaired) electrons. The van der Waals surface area contributed by atoms with E-state index in [9.17, 15) is 0 Å². The maximum atomic E-state index is 7.04. The number of hydrogen-bond donors (Lipinski definition) is 2. The molecule has 0 amide bonds. The van der Waals surface area contributed by atoms with Gasteiger partial charge in [0.2, 0.25) is 0 Å². The Bertz CT molecular complexity index is 2240. The van der Waals surface area contributed by atoms with Crippen LogP contribution in [-0.4, -0.2) is 12.8 Å². The average Bonchev–Trinajstić information content (AvgIpc) is 3.68. The maximum Gasteiger partial charge on any atom is 0.287 e. The summed E-state index contributed by atoms with van der Waals surface area (Å²) in [6.45, 7) is 46.9. The summed E-state index contributed by atoms with van der Waals surface area (Å²) in [6, 6.07) is 18.3. The van der Waals surface area contributed by atoms with E-state index in [4.69, 9.17) is 4.42 Å². The summed E-state index contributed by atoms with van der Waals surface area (Å²) in [5.41, 5.74) is 12.7. The summed E-state index contributed by atoms with van der Waals surface area (Å²) in [7, 11) is 0. The van der Waals surface area contributed by atoms with Gasteiger partial charge in [0.25, 0.3) is 6.71 Å². The van der Waals surface area contributed by atoms with Crippen molar-refractivity contribution in [2.75, 3.05) is 0 Å². The highest BCUT2D eigenvalue weighted by molar-refractivity contribution is 6.90. The van der Waals surface area contributed by atoms with Gasteiger partial charge in [0, 0.05) is 22.7 Å². The lowest BCUT2D eigenvalue weighted by Gasteiger charge is -2.32. The first-order chi connectivity index (χ1) is 30.6. The number of nitrogens with one attached hydrogen (secondary N) is 2. The van der Waals surface area contributed by atoms with E-state index >= 15 is 0 Å². The fraction of sp³-hybridized carbons (Fsp3) is 0.475. The van der Waals surface area contributed by atoms with Crippen LogP contribution in [0.3, 0.4) is 0 Å². The monoisotopic (exact) mass is 875 g/mol. The lowest BCUT2D eigenvalue weighted by Crippen LogP contribution is -2.49. The van der Waals surface area contributed by atoms with Crippen LogP contribution < -0.4 is 21.8 Å². The molecule has 2 N–H and O–H groups in total. The number of allylic oxidation sites excluding steroid dienone is 8. The molecule has 2 aromatic carbocycles. The number of fused-ring (bicyclic) bond motifs is 1. The molecule has 0 saturated heterocycles. The first-order valence-corrected chi connectivity index (χ1v) is 24.8. The molecule has 3 atom stereocenters. The fourth-order valence-corrected chi connectivity index (χ4v) is 8.95. The van der Waals surface area contributed by atoms with Crippen molar-refractivity contribution in [3.63, 3.8) is 0 Å². The van der Waals surface area contributed by atoms with Gasteiger partial charge in [-0.1, -0.05) is 180 Å². The minimum atomic E-state index is -0.220. The molecule has 3 nitrogen and oxygen atoms in total. The smallest absolute Gasteiger partial charge is 0.287 e. The summed E-state index contributed by atoms with van der Waals surface area (Å²) in [5.74, 6) is 1.39. The van der Waals surface area contributed by atoms with E-state index in [1.165, 1.54) is 41.3 Å². The quantitative estimate of drug-likeness (QED) is 0.0636. The van der Waals surface area contributed by atoms with Gasteiger partial charge >= 0.3 is 0 Å². The Labute approximate surface area is 398 Å². The maximum absolute atomic E-state index is 7.04. The van der Waals surface area contributed by atoms with Gasteiger partial charge in [0.15, 0.2) is 0 Å². The molecule has 1 aliphatic carbocycles. The zero-order valence-corrected chi connectivity index (χ0v) is 43.2. The second-order valence-corrected chi connectivity index (χ2v) is 22.2. The van der Waals surface area contributed by atoms with Crippen LogP contribution in [0.5, 0.6) is 0 Å². The third-order valence-corrected chi connectivity index (χ3v) is 13.9. The van der Waals surface area contributed by atoms with Gasteiger partial charge in [-0.05, 0) is 151 Å². The van der Waals surface area contributed by atoms with Crippen molar-refractivity contribution < 1.29 is 4.42 Å². The van der Waals surface area contributed by atoms with Crippen LogP contribution in [0.25, 0.3) is 11.0 Å². The standard InChI is InChI=1S/C61H87BN2O/c1-18-22-24-46(10)48-26-29-51(30-27-48)62(58-41-49-40-50(59(11,12)13)28-31-57(49)65-58)54(56(39-43(5)6)63-38-23-25-47(20-3)44(7)8)42-64-55-33-35-61(16,17)37-36-60(14,15)34-32-53(55)52(21-4)45(9)19-2/h19-21,23,26-33,38,40-42,44,46-47,56,63-64H,2-5,18,22,24-25,34-37,39H2,1,6-17H3/b38-23+,52-45+,53-32-,54-42-,55-33+. The van der Waals surface area contributed by atoms with Gasteiger partial charge in [0.05, 0.1) is 5.66 Å². The van der Waals surface area contributed by atoms with E-state index in [2.05, 4.69) is 212 Å². The summed E-state index contributed by atoms with van der Waals surface area (Å²) in [4.78, 5) is 0. The van der Waals surface area contributed by atoms with Gasteiger partial charge < -0.3 is 15.1 Å². The predicted octanol–water partition coefficient (Wildman–Crippen LogP) is 16.1. The number of benzene rings is 2. The molecule has 1 heterocycles. The Balaban J connectivity index is 2.08. The second kappa shape index (κ2) is 23.7. The normalized spacial score (nSPS) is 19.3. The van der Waals surface area contributed by atoms with Gasteiger partial charge in [-0.2, -0.15) is 0 Å². The Hall–Kier alpha value is -4.70. The average molecular weight is 875 g/mol. The Morgan fingerprint density at radius 3 is 2.12 bits per heavy atom. The molecule has 4 rings (SSSR count). The van der Waals surface area contributed by atoms with Crippen LogP contribution in [0.1, 0.15) is 165 Å². The Morgan fingerprint density at radius 2 is 1.55 bits per heavy atom. The van der Waals surface area contributed by atoms with Crippen molar-refractivity contribution in [1.82, 2.24) is 10.6 Å². The van der Waals surface area contributed by atoms with E-state index in [0.29, 0.717) is 17.8 Å². The van der Waals surface area contributed by atoms with E-state index in [1.54, 1.807) is 0 Å². The molecular weight excluding hydrogens is 787 g/mol. The predicted molar refractivity (Wildman–Crippen MR) is 289 cm³/mol. The van der Waals surface area contributed by atoms with Crippen LogP contribution in [0.2, 0.25) is 0 Å². The molecule has 4 heteroatoms. The molecule has 3 aromatic rings. The first-order valence-electron chi connectivity index (χ1n) is 24.8. The van der Waals surface area contributed by atoms with Gasteiger partial charge in [-0.25, -0.2) is 0 Å². The third kappa shape index (κ3) is 15.2. The fourth-order valence-electron chi connectivity index (χ4n) is 8.95. The lowest BCUT2D eigenvalue weighted by molar-refractivity contribution is 0.241. The Morgan fingerprint density at radius 1 is 0.892 bits per heavy atom. The van der Waals surface area contributed by atoms with Crippen molar-refractivity contribution >= 4 is 28.8 Å². The third-order valence-electron chi connectivity index (χ3n) is 13.9.